The van der Waals surface area contributed by atoms with Crippen LogP contribution in [0.15, 0.2) is 82.7 Å². The van der Waals surface area contributed by atoms with Crippen LogP contribution < -0.4 is 5.56 Å². The van der Waals surface area contributed by atoms with Crippen molar-refractivity contribution < 1.29 is 9.90 Å². The molecule has 0 fully saturated rings. The molecule has 0 aliphatic carbocycles. The van der Waals surface area contributed by atoms with Gasteiger partial charge < -0.3 is 5.11 Å². The molecule has 7 heteroatoms. The average molecular weight is 423 g/mol. The minimum absolute atomic E-state index is 0.151. The van der Waals surface area contributed by atoms with E-state index in [-0.39, 0.29) is 11.1 Å². The van der Waals surface area contributed by atoms with E-state index in [1.807, 2.05) is 18.2 Å². The smallest absolute Gasteiger partial charge is 0.335 e. The summed E-state index contributed by atoms with van der Waals surface area (Å²) in [7, 11) is 0. The molecule has 0 aliphatic heterocycles. The molecule has 0 unspecified atom stereocenters. The Bertz CT molecular complexity index is 1250. The molecule has 0 bridgehead atoms. The summed E-state index contributed by atoms with van der Waals surface area (Å²) in [5, 5.41) is 10.7. The highest BCUT2D eigenvalue weighted by Crippen LogP contribution is 2.25. The fourth-order valence-electron chi connectivity index (χ4n) is 2.92. The highest BCUT2D eigenvalue weighted by molar-refractivity contribution is 7.98. The second kappa shape index (κ2) is 8.11. The summed E-state index contributed by atoms with van der Waals surface area (Å²) >= 11 is 7.41. The number of carboxylic acid groups (broad SMARTS) is 1. The highest BCUT2D eigenvalue weighted by Gasteiger charge is 2.13. The number of thioether (sulfide) groups is 1. The Balaban J connectivity index is 1.75. The lowest BCUT2D eigenvalue weighted by Crippen LogP contribution is -2.21. The Morgan fingerprint density at radius 1 is 1.00 bits per heavy atom. The standard InChI is InChI=1S/C22H15ClN2O3S/c23-16-9-11-17(12-10-16)25-20(26)18-3-1-2-4-19(18)24-22(25)29-13-14-5-7-15(8-6-14)21(27)28/h1-12H,13H2,(H,27,28). The fourth-order valence-corrected chi connectivity index (χ4v) is 4.01. The number of hydrogen-bond acceptors (Lipinski definition) is 4. The molecule has 0 amide bonds. The Hall–Kier alpha value is -3.09. The predicted octanol–water partition coefficient (Wildman–Crippen LogP) is 5.03. The number of fused-ring (bicyclic) bond motifs is 1. The lowest BCUT2D eigenvalue weighted by atomic mass is 10.1. The number of para-hydroxylation sites is 1. The van der Waals surface area contributed by atoms with Gasteiger partial charge in [0.25, 0.3) is 5.56 Å². The SMILES string of the molecule is O=C(O)c1ccc(CSc2nc3ccccc3c(=O)n2-c2ccc(Cl)cc2)cc1. The Morgan fingerprint density at radius 3 is 2.38 bits per heavy atom. The molecule has 0 saturated carbocycles. The number of rotatable bonds is 5. The van der Waals surface area contributed by atoms with Crippen molar-refractivity contribution in [2.75, 3.05) is 0 Å². The lowest BCUT2D eigenvalue weighted by molar-refractivity contribution is 0.0697. The number of nitrogens with zero attached hydrogens (tertiary/aromatic N) is 2. The maximum absolute atomic E-state index is 13.2. The fraction of sp³-hybridized carbons (Fsp3) is 0.0455. The van der Waals surface area contributed by atoms with Crippen molar-refractivity contribution in [2.24, 2.45) is 0 Å². The van der Waals surface area contributed by atoms with Crippen LogP contribution in [0.4, 0.5) is 0 Å². The van der Waals surface area contributed by atoms with Gasteiger partial charge in [0, 0.05) is 10.8 Å². The van der Waals surface area contributed by atoms with E-state index in [9.17, 15) is 9.59 Å². The molecule has 5 nitrogen and oxygen atoms in total. The molecule has 0 saturated heterocycles. The monoisotopic (exact) mass is 422 g/mol. The zero-order valence-electron chi connectivity index (χ0n) is 15.1. The van der Waals surface area contributed by atoms with Crippen molar-refractivity contribution in [3.8, 4) is 5.69 Å². The van der Waals surface area contributed by atoms with E-state index in [2.05, 4.69) is 0 Å². The van der Waals surface area contributed by atoms with Crippen molar-refractivity contribution in [1.29, 1.82) is 0 Å². The van der Waals surface area contributed by atoms with Crippen molar-refractivity contribution in [1.82, 2.24) is 9.55 Å². The van der Waals surface area contributed by atoms with Crippen molar-refractivity contribution in [3.05, 3.63) is 99.3 Å². The number of hydrogen-bond donors (Lipinski definition) is 1. The van der Waals surface area contributed by atoms with Crippen LogP contribution in [0.25, 0.3) is 16.6 Å². The molecule has 29 heavy (non-hydrogen) atoms. The molecule has 1 aromatic heterocycles. The number of carboxylic acids is 1. The number of aromatic carboxylic acids is 1. The summed E-state index contributed by atoms with van der Waals surface area (Å²) in [5.74, 6) is -0.421. The lowest BCUT2D eigenvalue weighted by Gasteiger charge is -2.13. The normalized spacial score (nSPS) is 10.9. The van der Waals surface area contributed by atoms with Gasteiger partial charge in [0.2, 0.25) is 0 Å². The summed E-state index contributed by atoms with van der Waals surface area (Å²) in [6.45, 7) is 0. The molecule has 1 heterocycles. The third kappa shape index (κ3) is 4.04. The summed E-state index contributed by atoms with van der Waals surface area (Å²) in [5.41, 5.74) is 2.33. The number of benzene rings is 3. The van der Waals surface area contributed by atoms with E-state index in [0.29, 0.717) is 32.5 Å². The number of halogens is 1. The van der Waals surface area contributed by atoms with E-state index in [0.717, 1.165) is 5.56 Å². The molecule has 0 spiro atoms. The molecule has 1 N–H and O–H groups in total. The van der Waals surface area contributed by atoms with E-state index >= 15 is 0 Å². The van der Waals surface area contributed by atoms with Crippen molar-refractivity contribution in [2.45, 2.75) is 10.9 Å². The number of carbonyl (C=O) groups is 1. The predicted molar refractivity (Wildman–Crippen MR) is 115 cm³/mol. The maximum Gasteiger partial charge on any atom is 0.335 e. The van der Waals surface area contributed by atoms with Crippen LogP contribution >= 0.6 is 23.4 Å². The Kier molecular flexibility index (Phi) is 5.38. The van der Waals surface area contributed by atoms with Crippen LogP contribution in [0.2, 0.25) is 5.02 Å². The van der Waals surface area contributed by atoms with Crippen LogP contribution in [0.3, 0.4) is 0 Å². The van der Waals surface area contributed by atoms with Crippen LogP contribution in [-0.4, -0.2) is 20.6 Å². The van der Waals surface area contributed by atoms with Gasteiger partial charge in [-0.2, -0.15) is 0 Å². The van der Waals surface area contributed by atoms with Gasteiger partial charge >= 0.3 is 5.97 Å². The summed E-state index contributed by atoms with van der Waals surface area (Å²) in [4.78, 5) is 28.9. The van der Waals surface area contributed by atoms with Crippen LogP contribution in [-0.2, 0) is 5.75 Å². The third-order valence-corrected chi connectivity index (χ3v) is 5.66. The van der Waals surface area contributed by atoms with Gasteiger partial charge in [-0.15, -0.1) is 0 Å². The molecule has 0 atom stereocenters. The molecule has 0 aliphatic rings. The van der Waals surface area contributed by atoms with Crippen LogP contribution in [0.5, 0.6) is 0 Å². The van der Waals surface area contributed by atoms with Gasteiger partial charge in [-0.3, -0.25) is 9.36 Å². The molecule has 4 aromatic rings. The quantitative estimate of drug-likeness (QED) is 0.360. The van der Waals surface area contributed by atoms with Gasteiger partial charge in [-0.25, -0.2) is 9.78 Å². The summed E-state index contributed by atoms with van der Waals surface area (Å²) in [6, 6.07) is 20.9. The molecular formula is C22H15ClN2O3S. The van der Waals surface area contributed by atoms with Gasteiger partial charge in [0.05, 0.1) is 22.2 Å². The molecule has 144 valence electrons. The Morgan fingerprint density at radius 2 is 1.69 bits per heavy atom. The first-order chi connectivity index (χ1) is 14.0. The van der Waals surface area contributed by atoms with Crippen molar-refractivity contribution >= 4 is 40.2 Å². The van der Waals surface area contributed by atoms with E-state index in [1.165, 1.54) is 11.8 Å². The second-order valence-electron chi connectivity index (χ2n) is 6.32. The van der Waals surface area contributed by atoms with Gasteiger partial charge in [0.15, 0.2) is 5.16 Å². The minimum Gasteiger partial charge on any atom is -0.478 e. The van der Waals surface area contributed by atoms with E-state index in [1.54, 1.807) is 59.2 Å². The summed E-state index contributed by atoms with van der Waals surface area (Å²) in [6.07, 6.45) is 0. The zero-order valence-corrected chi connectivity index (χ0v) is 16.7. The van der Waals surface area contributed by atoms with Gasteiger partial charge in [0.1, 0.15) is 0 Å². The zero-order chi connectivity index (χ0) is 20.4. The van der Waals surface area contributed by atoms with Crippen LogP contribution in [0, 0.1) is 0 Å². The molecular weight excluding hydrogens is 408 g/mol. The van der Waals surface area contributed by atoms with E-state index in [4.69, 9.17) is 21.7 Å². The van der Waals surface area contributed by atoms with Gasteiger partial charge in [-0.1, -0.05) is 47.6 Å². The topological polar surface area (TPSA) is 72.2 Å². The van der Waals surface area contributed by atoms with Gasteiger partial charge in [-0.05, 0) is 54.1 Å². The molecule has 3 aromatic carbocycles. The maximum atomic E-state index is 13.2. The first kappa shape index (κ1) is 19.2. The molecule has 4 rings (SSSR count). The first-order valence-corrected chi connectivity index (χ1v) is 10.1. The first-order valence-electron chi connectivity index (χ1n) is 8.76. The Labute approximate surface area is 175 Å². The largest absolute Gasteiger partial charge is 0.478 e. The minimum atomic E-state index is -0.961. The highest BCUT2D eigenvalue weighted by atomic mass is 35.5. The second-order valence-corrected chi connectivity index (χ2v) is 7.70. The number of aromatic nitrogens is 2. The third-order valence-electron chi connectivity index (χ3n) is 4.40. The van der Waals surface area contributed by atoms with E-state index < -0.39 is 5.97 Å². The summed E-state index contributed by atoms with van der Waals surface area (Å²) < 4.78 is 1.58. The van der Waals surface area contributed by atoms with Crippen LogP contribution in [0.1, 0.15) is 15.9 Å². The average Bonchev–Trinajstić information content (AvgIpc) is 2.73. The molecule has 0 radical (unpaired) electrons. The van der Waals surface area contributed by atoms with Crippen molar-refractivity contribution in [3.63, 3.8) is 0 Å².